The molecule has 27 heavy (non-hydrogen) atoms. The molecule has 0 unspecified atom stereocenters. The van der Waals surface area contributed by atoms with E-state index in [1.54, 1.807) is 6.07 Å². The summed E-state index contributed by atoms with van der Waals surface area (Å²) in [5, 5.41) is 21.8. The number of unbranched alkanes of at least 4 members (excludes halogenated alkanes) is 1. The van der Waals surface area contributed by atoms with Crippen molar-refractivity contribution in [2.75, 3.05) is 6.54 Å². The molecule has 1 amide bonds. The standard InChI is InChI=1S/C20H26N2O5/c1-4-6-9-14(5-2)12-21-18(17(13(3)23)19(24)20(21)25)15-10-7-8-11-16(15)22(26)27/h7-8,10-11,14,18,24H,4-6,9,12H2,1-3H3/t14-,18+/m1/s1. The van der Waals surface area contributed by atoms with Gasteiger partial charge in [-0.05, 0) is 25.3 Å². The predicted octanol–water partition coefficient (Wildman–Crippen LogP) is 4.10. The fourth-order valence-corrected chi connectivity index (χ4v) is 3.61. The first-order valence-corrected chi connectivity index (χ1v) is 9.31. The van der Waals surface area contributed by atoms with Gasteiger partial charge in [-0.2, -0.15) is 0 Å². The monoisotopic (exact) mass is 374 g/mol. The third kappa shape index (κ3) is 4.18. The van der Waals surface area contributed by atoms with Crippen LogP contribution in [-0.4, -0.2) is 33.2 Å². The maximum absolute atomic E-state index is 12.7. The number of amides is 1. The van der Waals surface area contributed by atoms with Crippen LogP contribution in [0.15, 0.2) is 35.6 Å². The van der Waals surface area contributed by atoms with Crippen LogP contribution in [0.2, 0.25) is 0 Å². The average Bonchev–Trinajstić information content (AvgIpc) is 2.89. The van der Waals surface area contributed by atoms with E-state index in [-0.39, 0.29) is 22.7 Å². The number of Topliss-reactive ketones (excluding diaryl/α,β-unsaturated/α-hetero) is 1. The van der Waals surface area contributed by atoms with E-state index in [1.165, 1.54) is 30.0 Å². The van der Waals surface area contributed by atoms with Gasteiger partial charge < -0.3 is 10.0 Å². The highest BCUT2D eigenvalue weighted by Crippen LogP contribution is 2.41. The molecule has 0 aromatic heterocycles. The van der Waals surface area contributed by atoms with E-state index in [4.69, 9.17) is 0 Å². The van der Waals surface area contributed by atoms with Gasteiger partial charge in [-0.25, -0.2) is 0 Å². The van der Waals surface area contributed by atoms with Crippen LogP contribution in [0.1, 0.15) is 58.1 Å². The number of benzene rings is 1. The van der Waals surface area contributed by atoms with Crippen LogP contribution in [0.4, 0.5) is 5.69 Å². The summed E-state index contributed by atoms with van der Waals surface area (Å²) in [7, 11) is 0. The van der Waals surface area contributed by atoms with Gasteiger partial charge in [0.15, 0.2) is 11.5 Å². The molecule has 0 bridgehead atoms. The Balaban J connectivity index is 2.51. The highest BCUT2D eigenvalue weighted by atomic mass is 16.6. The molecular formula is C20H26N2O5. The summed E-state index contributed by atoms with van der Waals surface area (Å²) in [6.07, 6.45) is 3.79. The van der Waals surface area contributed by atoms with Gasteiger partial charge in [0.1, 0.15) is 0 Å². The first-order chi connectivity index (χ1) is 12.8. The molecular weight excluding hydrogens is 348 g/mol. The minimum Gasteiger partial charge on any atom is -0.503 e. The second kappa shape index (κ2) is 8.79. The zero-order valence-corrected chi connectivity index (χ0v) is 16.0. The summed E-state index contributed by atoms with van der Waals surface area (Å²) < 4.78 is 0. The van der Waals surface area contributed by atoms with Gasteiger partial charge in [0.2, 0.25) is 0 Å². The number of aliphatic hydroxyl groups is 1. The van der Waals surface area contributed by atoms with E-state index < -0.39 is 28.4 Å². The maximum atomic E-state index is 12.7. The Morgan fingerprint density at radius 2 is 2.00 bits per heavy atom. The number of para-hydroxylation sites is 1. The van der Waals surface area contributed by atoms with Crippen molar-refractivity contribution in [2.45, 2.75) is 52.5 Å². The molecule has 146 valence electrons. The fourth-order valence-electron chi connectivity index (χ4n) is 3.61. The summed E-state index contributed by atoms with van der Waals surface area (Å²) in [4.78, 5) is 37.2. The van der Waals surface area contributed by atoms with Crippen LogP contribution < -0.4 is 0 Å². The first-order valence-electron chi connectivity index (χ1n) is 9.31. The van der Waals surface area contributed by atoms with E-state index in [9.17, 15) is 24.8 Å². The number of carbonyl (C=O) groups excluding carboxylic acids is 2. The van der Waals surface area contributed by atoms with Gasteiger partial charge in [-0.1, -0.05) is 45.2 Å². The third-order valence-electron chi connectivity index (χ3n) is 5.11. The summed E-state index contributed by atoms with van der Waals surface area (Å²) in [5.41, 5.74) is 0.00504. The lowest BCUT2D eigenvalue weighted by atomic mass is 9.93. The second-order valence-electron chi connectivity index (χ2n) is 6.91. The zero-order valence-electron chi connectivity index (χ0n) is 16.0. The van der Waals surface area contributed by atoms with Gasteiger partial charge in [0.05, 0.1) is 22.1 Å². The first kappa shape index (κ1) is 20.6. The van der Waals surface area contributed by atoms with Crippen molar-refractivity contribution in [1.82, 2.24) is 4.90 Å². The van der Waals surface area contributed by atoms with Gasteiger partial charge in [0.25, 0.3) is 11.6 Å². The molecule has 7 nitrogen and oxygen atoms in total. The van der Waals surface area contributed by atoms with Crippen LogP contribution in [0.3, 0.4) is 0 Å². The van der Waals surface area contributed by atoms with E-state index in [1.807, 2.05) is 6.92 Å². The molecule has 1 aliphatic heterocycles. The molecule has 0 spiro atoms. The van der Waals surface area contributed by atoms with E-state index in [0.29, 0.717) is 6.54 Å². The molecule has 7 heteroatoms. The van der Waals surface area contributed by atoms with Crippen molar-refractivity contribution in [1.29, 1.82) is 0 Å². The van der Waals surface area contributed by atoms with Gasteiger partial charge >= 0.3 is 0 Å². The number of hydrogen-bond donors (Lipinski definition) is 1. The smallest absolute Gasteiger partial charge is 0.290 e. The van der Waals surface area contributed by atoms with Crippen molar-refractivity contribution in [3.05, 3.63) is 51.3 Å². The fraction of sp³-hybridized carbons (Fsp3) is 0.500. The molecule has 2 rings (SSSR count). The summed E-state index contributed by atoms with van der Waals surface area (Å²) >= 11 is 0. The molecule has 0 aliphatic carbocycles. The number of nitrogens with zero attached hydrogens (tertiary/aromatic N) is 2. The molecule has 1 aromatic carbocycles. The average molecular weight is 374 g/mol. The number of ketones is 1. The largest absolute Gasteiger partial charge is 0.503 e. The molecule has 0 radical (unpaired) electrons. The minimum atomic E-state index is -0.938. The van der Waals surface area contributed by atoms with Crippen molar-refractivity contribution < 1.29 is 19.6 Å². The Bertz CT molecular complexity index is 771. The molecule has 0 saturated carbocycles. The van der Waals surface area contributed by atoms with E-state index in [2.05, 4.69) is 6.92 Å². The Kier molecular flexibility index (Phi) is 6.71. The van der Waals surface area contributed by atoms with Crippen molar-refractivity contribution in [3.8, 4) is 0 Å². The SMILES string of the molecule is CCCC[C@@H](CC)CN1C(=O)C(O)=C(C(C)=O)[C@@H]1c1ccccc1[N+](=O)[O-]. The van der Waals surface area contributed by atoms with Crippen LogP contribution in [0, 0.1) is 16.0 Å². The van der Waals surface area contributed by atoms with Gasteiger partial charge in [-0.3, -0.25) is 19.7 Å². The number of nitro benzene ring substituents is 1. The number of hydrogen-bond acceptors (Lipinski definition) is 5. The third-order valence-corrected chi connectivity index (χ3v) is 5.11. The van der Waals surface area contributed by atoms with E-state index in [0.717, 1.165) is 25.7 Å². The maximum Gasteiger partial charge on any atom is 0.290 e. The Morgan fingerprint density at radius 3 is 2.56 bits per heavy atom. The van der Waals surface area contributed by atoms with Crippen LogP contribution >= 0.6 is 0 Å². The number of aliphatic hydroxyl groups excluding tert-OH is 1. The number of nitro groups is 1. The summed E-state index contributed by atoms with van der Waals surface area (Å²) in [5.74, 6) is -1.51. The quantitative estimate of drug-likeness (QED) is 0.518. The lowest BCUT2D eigenvalue weighted by molar-refractivity contribution is -0.385. The van der Waals surface area contributed by atoms with Gasteiger partial charge in [-0.15, -0.1) is 0 Å². The molecule has 0 fully saturated rings. The topological polar surface area (TPSA) is 101 Å². The van der Waals surface area contributed by atoms with Crippen LogP contribution in [-0.2, 0) is 9.59 Å². The van der Waals surface area contributed by atoms with Crippen molar-refractivity contribution in [2.24, 2.45) is 5.92 Å². The molecule has 1 heterocycles. The van der Waals surface area contributed by atoms with Crippen molar-refractivity contribution in [3.63, 3.8) is 0 Å². The molecule has 1 aromatic rings. The summed E-state index contributed by atoms with van der Waals surface area (Å²) in [6.45, 7) is 5.72. The molecule has 1 aliphatic rings. The Hall–Kier alpha value is -2.70. The second-order valence-corrected chi connectivity index (χ2v) is 6.91. The molecule has 0 saturated heterocycles. The lowest BCUT2D eigenvalue weighted by Gasteiger charge is -2.30. The van der Waals surface area contributed by atoms with Crippen LogP contribution in [0.25, 0.3) is 0 Å². The normalized spacial score (nSPS) is 18.1. The van der Waals surface area contributed by atoms with E-state index >= 15 is 0 Å². The predicted molar refractivity (Wildman–Crippen MR) is 101 cm³/mol. The highest BCUT2D eigenvalue weighted by Gasteiger charge is 2.45. The summed E-state index contributed by atoms with van der Waals surface area (Å²) in [6, 6.07) is 5.12. The molecule has 2 atom stereocenters. The molecule has 1 N–H and O–H groups in total. The minimum absolute atomic E-state index is 0.0698. The van der Waals surface area contributed by atoms with Crippen LogP contribution in [0.5, 0.6) is 0 Å². The zero-order chi connectivity index (χ0) is 20.1. The number of carbonyl (C=O) groups is 2. The van der Waals surface area contributed by atoms with Gasteiger partial charge in [0, 0.05) is 12.6 Å². The Labute approximate surface area is 158 Å². The lowest BCUT2D eigenvalue weighted by Crippen LogP contribution is -2.35. The Morgan fingerprint density at radius 1 is 1.33 bits per heavy atom. The number of rotatable bonds is 9. The highest BCUT2D eigenvalue weighted by molar-refractivity contribution is 6.08. The van der Waals surface area contributed by atoms with Crippen molar-refractivity contribution >= 4 is 17.4 Å².